The zero-order valence-electron chi connectivity index (χ0n) is 11.9. The fraction of sp³-hybridized carbons (Fsp3) is 0.176. The monoisotopic (exact) mass is 293 g/mol. The lowest BCUT2D eigenvalue weighted by molar-refractivity contribution is 0.232. The second-order valence-corrected chi connectivity index (χ2v) is 4.98. The van der Waals surface area contributed by atoms with Gasteiger partial charge in [-0.3, -0.25) is 0 Å². The maximum Gasteiger partial charge on any atom is 0.319 e. The summed E-state index contributed by atoms with van der Waals surface area (Å²) in [6.45, 7) is 0.566. The number of amides is 2. The summed E-state index contributed by atoms with van der Waals surface area (Å²) in [6.07, 6.45) is 0.713. The Morgan fingerprint density at radius 1 is 1.18 bits per heavy atom. The number of urea groups is 1. The molecule has 1 unspecified atom stereocenters. The van der Waals surface area contributed by atoms with Crippen molar-refractivity contribution in [2.24, 2.45) is 0 Å². The van der Waals surface area contributed by atoms with Gasteiger partial charge in [0, 0.05) is 12.0 Å². The number of para-hydroxylation sites is 2. The smallest absolute Gasteiger partial charge is 0.319 e. The van der Waals surface area contributed by atoms with E-state index in [-0.39, 0.29) is 12.1 Å². The molecule has 1 atom stereocenters. The van der Waals surface area contributed by atoms with Gasteiger partial charge >= 0.3 is 6.03 Å². The van der Waals surface area contributed by atoms with Crippen LogP contribution in [0.1, 0.15) is 23.6 Å². The van der Waals surface area contributed by atoms with E-state index in [1.54, 1.807) is 24.3 Å². The zero-order valence-corrected chi connectivity index (χ0v) is 11.9. The number of carbonyl (C=O) groups is 1. The van der Waals surface area contributed by atoms with Crippen molar-refractivity contribution < 1.29 is 9.53 Å². The molecule has 0 aliphatic carbocycles. The fourth-order valence-corrected chi connectivity index (χ4v) is 2.50. The minimum atomic E-state index is -0.329. The molecule has 2 aromatic carbocycles. The molecule has 0 radical (unpaired) electrons. The van der Waals surface area contributed by atoms with Crippen molar-refractivity contribution in [2.45, 2.75) is 12.5 Å². The molecule has 1 aliphatic heterocycles. The average molecular weight is 293 g/mol. The summed E-state index contributed by atoms with van der Waals surface area (Å²) >= 11 is 0. The molecular formula is C17H15N3O2. The van der Waals surface area contributed by atoms with Crippen LogP contribution in [0.25, 0.3) is 0 Å². The number of carbonyl (C=O) groups excluding carboxylic acids is 1. The third-order valence-corrected chi connectivity index (χ3v) is 3.56. The number of ether oxygens (including phenoxy) is 1. The number of anilines is 1. The van der Waals surface area contributed by atoms with E-state index in [0.29, 0.717) is 24.3 Å². The number of nitrogens with zero attached hydrogens (tertiary/aromatic N) is 1. The normalized spacial score (nSPS) is 15.9. The Bertz CT molecular complexity index is 737. The molecule has 0 bridgehead atoms. The Morgan fingerprint density at radius 3 is 2.82 bits per heavy atom. The van der Waals surface area contributed by atoms with Crippen molar-refractivity contribution in [3.8, 4) is 11.8 Å². The third-order valence-electron chi connectivity index (χ3n) is 3.56. The van der Waals surface area contributed by atoms with Crippen LogP contribution in [0.15, 0.2) is 48.5 Å². The van der Waals surface area contributed by atoms with Crippen LogP contribution in [0, 0.1) is 11.3 Å². The molecule has 3 rings (SSSR count). The van der Waals surface area contributed by atoms with Crippen LogP contribution in [0.3, 0.4) is 0 Å². The molecule has 0 saturated heterocycles. The number of nitriles is 1. The Labute approximate surface area is 128 Å². The van der Waals surface area contributed by atoms with E-state index in [9.17, 15) is 4.79 Å². The highest BCUT2D eigenvalue weighted by atomic mass is 16.5. The van der Waals surface area contributed by atoms with Crippen LogP contribution in [0.2, 0.25) is 0 Å². The highest BCUT2D eigenvalue weighted by molar-refractivity contribution is 5.91. The molecule has 0 saturated carbocycles. The topological polar surface area (TPSA) is 74.2 Å². The molecule has 22 heavy (non-hydrogen) atoms. The van der Waals surface area contributed by atoms with Gasteiger partial charge in [0.2, 0.25) is 0 Å². The van der Waals surface area contributed by atoms with Gasteiger partial charge < -0.3 is 15.4 Å². The molecule has 110 valence electrons. The Kier molecular flexibility index (Phi) is 3.92. The van der Waals surface area contributed by atoms with Gasteiger partial charge in [0.1, 0.15) is 11.8 Å². The first kappa shape index (κ1) is 14.0. The van der Waals surface area contributed by atoms with Crippen LogP contribution >= 0.6 is 0 Å². The van der Waals surface area contributed by atoms with Gasteiger partial charge in [0.05, 0.1) is 23.9 Å². The van der Waals surface area contributed by atoms with Crippen molar-refractivity contribution >= 4 is 11.7 Å². The van der Waals surface area contributed by atoms with Crippen LogP contribution in [0.5, 0.6) is 5.75 Å². The number of benzene rings is 2. The van der Waals surface area contributed by atoms with E-state index in [1.807, 2.05) is 24.3 Å². The quantitative estimate of drug-likeness (QED) is 0.893. The lowest BCUT2D eigenvalue weighted by Gasteiger charge is -2.26. The summed E-state index contributed by atoms with van der Waals surface area (Å²) in [7, 11) is 0. The van der Waals surface area contributed by atoms with E-state index >= 15 is 0 Å². The SMILES string of the molecule is N#Cc1ccccc1NC(=O)NC1CCOc2ccccc21. The Hall–Kier alpha value is -3.00. The maximum atomic E-state index is 12.2. The van der Waals surface area contributed by atoms with Gasteiger partial charge in [-0.1, -0.05) is 30.3 Å². The van der Waals surface area contributed by atoms with Crippen LogP contribution in [-0.2, 0) is 0 Å². The minimum Gasteiger partial charge on any atom is -0.493 e. The summed E-state index contributed by atoms with van der Waals surface area (Å²) in [5, 5.41) is 14.7. The van der Waals surface area contributed by atoms with Crippen LogP contribution in [0.4, 0.5) is 10.5 Å². The predicted octanol–water partition coefficient (Wildman–Crippen LogP) is 3.20. The Morgan fingerprint density at radius 2 is 1.95 bits per heavy atom. The van der Waals surface area contributed by atoms with Crippen molar-refractivity contribution in [1.29, 1.82) is 5.26 Å². The summed E-state index contributed by atoms with van der Waals surface area (Å²) in [5.74, 6) is 0.802. The molecule has 0 spiro atoms. The summed E-state index contributed by atoms with van der Waals surface area (Å²) in [5.41, 5.74) is 1.91. The van der Waals surface area contributed by atoms with Crippen molar-refractivity contribution in [3.63, 3.8) is 0 Å². The van der Waals surface area contributed by atoms with Gasteiger partial charge in [-0.2, -0.15) is 5.26 Å². The van der Waals surface area contributed by atoms with Gasteiger partial charge in [-0.15, -0.1) is 0 Å². The first-order chi connectivity index (χ1) is 10.8. The van der Waals surface area contributed by atoms with Crippen LogP contribution in [-0.4, -0.2) is 12.6 Å². The molecule has 5 nitrogen and oxygen atoms in total. The second-order valence-electron chi connectivity index (χ2n) is 4.98. The first-order valence-corrected chi connectivity index (χ1v) is 7.06. The van der Waals surface area contributed by atoms with Gasteiger partial charge in [-0.25, -0.2) is 4.79 Å². The number of nitrogens with one attached hydrogen (secondary N) is 2. The van der Waals surface area contributed by atoms with Crippen molar-refractivity contribution in [1.82, 2.24) is 5.32 Å². The highest BCUT2D eigenvalue weighted by Gasteiger charge is 2.22. The fourth-order valence-electron chi connectivity index (χ4n) is 2.50. The zero-order chi connectivity index (χ0) is 15.4. The first-order valence-electron chi connectivity index (χ1n) is 7.06. The van der Waals surface area contributed by atoms with E-state index in [2.05, 4.69) is 16.7 Å². The Balaban J connectivity index is 1.72. The molecule has 5 heteroatoms. The average Bonchev–Trinajstić information content (AvgIpc) is 2.55. The van der Waals surface area contributed by atoms with Crippen molar-refractivity contribution in [2.75, 3.05) is 11.9 Å². The molecule has 2 aromatic rings. The van der Waals surface area contributed by atoms with E-state index in [0.717, 1.165) is 11.3 Å². The lowest BCUT2D eigenvalue weighted by Crippen LogP contribution is -2.35. The van der Waals surface area contributed by atoms with Gasteiger partial charge in [-0.05, 0) is 18.2 Å². The van der Waals surface area contributed by atoms with Gasteiger partial charge in [0.25, 0.3) is 0 Å². The van der Waals surface area contributed by atoms with E-state index < -0.39 is 0 Å². The molecule has 0 fully saturated rings. The molecule has 0 aromatic heterocycles. The lowest BCUT2D eigenvalue weighted by atomic mass is 10.0. The third kappa shape index (κ3) is 2.86. The van der Waals surface area contributed by atoms with E-state index in [4.69, 9.17) is 10.00 Å². The second kappa shape index (κ2) is 6.19. The number of hydrogen-bond acceptors (Lipinski definition) is 3. The number of fused-ring (bicyclic) bond motifs is 1. The standard InChI is InChI=1S/C17H15N3O2/c18-11-12-5-1-3-7-14(12)19-17(21)20-15-9-10-22-16-8-4-2-6-13(15)16/h1-8,15H,9-10H2,(H2,19,20,21). The van der Waals surface area contributed by atoms with Crippen LogP contribution < -0.4 is 15.4 Å². The summed E-state index contributed by atoms with van der Waals surface area (Å²) < 4.78 is 5.58. The number of hydrogen-bond donors (Lipinski definition) is 2. The largest absolute Gasteiger partial charge is 0.493 e. The molecule has 2 N–H and O–H groups in total. The van der Waals surface area contributed by atoms with Gasteiger partial charge in [0.15, 0.2) is 0 Å². The van der Waals surface area contributed by atoms with E-state index in [1.165, 1.54) is 0 Å². The molecule has 2 amide bonds. The minimum absolute atomic E-state index is 0.0980. The summed E-state index contributed by atoms with van der Waals surface area (Å²) in [6, 6.07) is 16.2. The predicted molar refractivity (Wildman–Crippen MR) is 82.6 cm³/mol. The molecule has 1 aliphatic rings. The highest BCUT2D eigenvalue weighted by Crippen LogP contribution is 2.31. The summed E-state index contributed by atoms with van der Waals surface area (Å²) in [4.78, 5) is 12.2. The molecular weight excluding hydrogens is 278 g/mol. The molecule has 1 heterocycles. The van der Waals surface area contributed by atoms with Crippen molar-refractivity contribution in [3.05, 3.63) is 59.7 Å². The maximum absolute atomic E-state index is 12.2. The number of rotatable bonds is 2.